The molecule has 1 N–H and O–H groups in total. The van der Waals surface area contributed by atoms with Crippen LogP contribution in [0.5, 0.6) is 5.88 Å². The summed E-state index contributed by atoms with van der Waals surface area (Å²) in [6.07, 6.45) is 0.973. The van der Waals surface area contributed by atoms with Gasteiger partial charge in [0.05, 0.1) is 11.7 Å². The summed E-state index contributed by atoms with van der Waals surface area (Å²) in [5, 5.41) is 14.2. The van der Waals surface area contributed by atoms with Gasteiger partial charge in [-0.05, 0) is 13.3 Å². The summed E-state index contributed by atoms with van der Waals surface area (Å²) >= 11 is 1.84. The quantitative estimate of drug-likeness (QED) is 0.876. The lowest BCUT2D eigenvalue weighted by molar-refractivity contribution is 0.361. The van der Waals surface area contributed by atoms with Crippen LogP contribution in [0.25, 0.3) is 0 Å². The second-order valence-electron chi connectivity index (χ2n) is 5.10. The van der Waals surface area contributed by atoms with E-state index in [9.17, 15) is 5.11 Å². The maximum absolute atomic E-state index is 9.75. The largest absolute Gasteiger partial charge is 0.493 e. The van der Waals surface area contributed by atoms with Crippen LogP contribution >= 0.6 is 11.8 Å². The van der Waals surface area contributed by atoms with E-state index < -0.39 is 0 Å². The fraction of sp³-hybridized carbons (Fsp3) is 0.750. The molecule has 0 aromatic carbocycles. The van der Waals surface area contributed by atoms with E-state index >= 15 is 0 Å². The Morgan fingerprint density at radius 1 is 1.50 bits per heavy atom. The summed E-state index contributed by atoms with van der Waals surface area (Å²) in [5.74, 6) is 1.12. The van der Waals surface area contributed by atoms with Gasteiger partial charge in [0.25, 0.3) is 0 Å². The molecular formula is C12H22N2OS. The van der Waals surface area contributed by atoms with Crippen molar-refractivity contribution in [1.82, 2.24) is 9.78 Å². The highest BCUT2D eigenvalue weighted by Gasteiger charge is 2.15. The molecule has 92 valence electrons. The summed E-state index contributed by atoms with van der Waals surface area (Å²) in [6.45, 7) is 10.7. The Hall–Kier alpha value is -0.640. The fourth-order valence-electron chi connectivity index (χ4n) is 1.29. The van der Waals surface area contributed by atoms with E-state index in [1.165, 1.54) is 0 Å². The van der Waals surface area contributed by atoms with Crippen molar-refractivity contribution in [2.45, 2.75) is 57.6 Å². The summed E-state index contributed by atoms with van der Waals surface area (Å²) in [4.78, 5) is 0. The molecule has 1 unspecified atom stereocenters. The molecule has 0 spiro atoms. The highest BCUT2D eigenvalue weighted by atomic mass is 32.2. The molecule has 0 amide bonds. The molecule has 1 heterocycles. The predicted molar refractivity (Wildman–Crippen MR) is 69.9 cm³/mol. The Morgan fingerprint density at radius 2 is 2.12 bits per heavy atom. The van der Waals surface area contributed by atoms with Crippen LogP contribution in [0.1, 0.15) is 52.8 Å². The smallest absolute Gasteiger partial charge is 0.209 e. The summed E-state index contributed by atoms with van der Waals surface area (Å²) in [7, 11) is 0. The first-order valence-corrected chi connectivity index (χ1v) is 6.73. The molecule has 1 aromatic rings. The molecule has 1 aromatic heterocycles. The SMILES string of the molecule is CCC(C)n1nc(CSC(C)(C)C)cc1O. The molecule has 3 nitrogen and oxygen atoms in total. The van der Waals surface area contributed by atoms with Gasteiger partial charge in [-0.2, -0.15) is 5.10 Å². The van der Waals surface area contributed by atoms with Crippen molar-refractivity contribution in [3.8, 4) is 5.88 Å². The second-order valence-corrected chi connectivity index (χ2v) is 6.90. The van der Waals surface area contributed by atoms with Gasteiger partial charge in [0.2, 0.25) is 5.88 Å². The Labute approximate surface area is 102 Å². The van der Waals surface area contributed by atoms with E-state index in [1.807, 2.05) is 11.8 Å². The minimum absolute atomic E-state index is 0.232. The lowest BCUT2D eigenvalue weighted by Gasteiger charge is -2.16. The minimum atomic E-state index is 0.232. The zero-order valence-electron chi connectivity index (χ0n) is 10.8. The molecule has 0 fully saturated rings. The number of thioether (sulfide) groups is 1. The van der Waals surface area contributed by atoms with Gasteiger partial charge in [-0.15, -0.1) is 11.8 Å². The highest BCUT2D eigenvalue weighted by Crippen LogP contribution is 2.28. The van der Waals surface area contributed by atoms with Crippen LogP contribution in [-0.2, 0) is 5.75 Å². The molecule has 0 aliphatic heterocycles. The average Bonchev–Trinajstić information content (AvgIpc) is 2.55. The summed E-state index contributed by atoms with van der Waals surface area (Å²) in [6, 6.07) is 2.03. The van der Waals surface area contributed by atoms with Crippen LogP contribution in [-0.4, -0.2) is 19.6 Å². The molecule has 0 saturated carbocycles. The van der Waals surface area contributed by atoms with Crippen molar-refractivity contribution in [2.24, 2.45) is 0 Å². The van der Waals surface area contributed by atoms with Gasteiger partial charge in [-0.1, -0.05) is 27.7 Å². The van der Waals surface area contributed by atoms with Gasteiger partial charge in [-0.25, -0.2) is 4.68 Å². The molecule has 0 aliphatic rings. The molecule has 0 bridgehead atoms. The Morgan fingerprint density at radius 3 is 2.62 bits per heavy atom. The van der Waals surface area contributed by atoms with Gasteiger partial charge >= 0.3 is 0 Å². The normalized spacial score (nSPS) is 14.1. The van der Waals surface area contributed by atoms with Gasteiger partial charge in [0, 0.05) is 16.6 Å². The number of aromatic hydroxyl groups is 1. The number of hydrogen-bond donors (Lipinski definition) is 1. The van der Waals surface area contributed by atoms with Gasteiger partial charge in [-0.3, -0.25) is 0 Å². The van der Waals surface area contributed by atoms with Gasteiger partial charge in [0.15, 0.2) is 0 Å². The van der Waals surface area contributed by atoms with Crippen molar-refractivity contribution in [2.75, 3.05) is 0 Å². The summed E-state index contributed by atoms with van der Waals surface area (Å²) in [5.41, 5.74) is 0.956. The number of rotatable bonds is 4. The first-order chi connectivity index (χ1) is 7.33. The number of nitrogens with zero attached hydrogens (tertiary/aromatic N) is 2. The Kier molecular flexibility index (Phi) is 4.30. The van der Waals surface area contributed by atoms with E-state index in [1.54, 1.807) is 10.7 Å². The van der Waals surface area contributed by atoms with Crippen molar-refractivity contribution >= 4 is 11.8 Å². The first-order valence-electron chi connectivity index (χ1n) is 5.75. The molecule has 4 heteroatoms. The molecule has 0 radical (unpaired) electrons. The lowest BCUT2D eigenvalue weighted by atomic mass is 10.3. The van der Waals surface area contributed by atoms with E-state index in [0.717, 1.165) is 17.9 Å². The standard InChI is InChI=1S/C12H22N2OS/c1-6-9(2)14-11(15)7-10(13-14)8-16-12(3,4)5/h7,9,15H,6,8H2,1-5H3. The number of hydrogen-bond acceptors (Lipinski definition) is 3. The molecular weight excluding hydrogens is 220 g/mol. The number of aromatic nitrogens is 2. The topological polar surface area (TPSA) is 38.0 Å². The molecule has 1 atom stereocenters. The molecule has 16 heavy (non-hydrogen) atoms. The van der Waals surface area contributed by atoms with E-state index in [-0.39, 0.29) is 16.7 Å². The van der Waals surface area contributed by atoms with Crippen LogP contribution in [0.4, 0.5) is 0 Å². The summed E-state index contributed by atoms with van der Waals surface area (Å²) < 4.78 is 1.94. The van der Waals surface area contributed by atoms with Crippen LogP contribution in [0, 0.1) is 0 Å². The van der Waals surface area contributed by atoms with E-state index in [2.05, 4.69) is 39.7 Å². The third-order valence-electron chi connectivity index (χ3n) is 2.43. The maximum atomic E-state index is 9.75. The van der Waals surface area contributed by atoms with Crippen molar-refractivity contribution in [3.63, 3.8) is 0 Å². The van der Waals surface area contributed by atoms with Crippen molar-refractivity contribution < 1.29 is 5.11 Å². The van der Waals surface area contributed by atoms with Gasteiger partial charge < -0.3 is 5.11 Å². The van der Waals surface area contributed by atoms with Crippen LogP contribution in [0.2, 0.25) is 0 Å². The van der Waals surface area contributed by atoms with E-state index in [4.69, 9.17) is 0 Å². The zero-order valence-corrected chi connectivity index (χ0v) is 11.6. The average molecular weight is 242 g/mol. The second kappa shape index (κ2) is 5.13. The molecule has 0 aliphatic carbocycles. The molecule has 0 saturated heterocycles. The fourth-order valence-corrected chi connectivity index (χ4v) is 2.01. The highest BCUT2D eigenvalue weighted by molar-refractivity contribution is 7.99. The third kappa shape index (κ3) is 3.74. The van der Waals surface area contributed by atoms with Crippen LogP contribution in [0.15, 0.2) is 6.07 Å². The lowest BCUT2D eigenvalue weighted by Crippen LogP contribution is -2.08. The van der Waals surface area contributed by atoms with Crippen LogP contribution in [0.3, 0.4) is 0 Å². The molecule has 1 rings (SSSR count). The van der Waals surface area contributed by atoms with Gasteiger partial charge in [0.1, 0.15) is 0 Å². The van der Waals surface area contributed by atoms with Crippen molar-refractivity contribution in [1.29, 1.82) is 0 Å². The minimum Gasteiger partial charge on any atom is -0.493 e. The maximum Gasteiger partial charge on any atom is 0.209 e. The Bertz CT molecular complexity index is 341. The third-order valence-corrected chi connectivity index (χ3v) is 3.73. The van der Waals surface area contributed by atoms with Crippen LogP contribution < -0.4 is 0 Å². The first kappa shape index (κ1) is 13.4. The van der Waals surface area contributed by atoms with E-state index in [0.29, 0.717) is 0 Å². The monoisotopic (exact) mass is 242 g/mol. The Balaban J connectivity index is 2.70. The zero-order chi connectivity index (χ0) is 12.3. The predicted octanol–water partition coefficient (Wildman–Crippen LogP) is 3.59. The van der Waals surface area contributed by atoms with Crippen molar-refractivity contribution in [3.05, 3.63) is 11.8 Å².